The summed E-state index contributed by atoms with van der Waals surface area (Å²) >= 11 is 0. The van der Waals surface area contributed by atoms with Gasteiger partial charge in [0.2, 0.25) is 0 Å². The van der Waals surface area contributed by atoms with Crippen LogP contribution >= 0.6 is 0 Å². The quantitative estimate of drug-likeness (QED) is 0.770. The van der Waals surface area contributed by atoms with Crippen molar-refractivity contribution in [3.8, 4) is 0 Å². The number of hydrogen-bond acceptors (Lipinski definition) is 2. The second-order valence-corrected chi connectivity index (χ2v) is 5.16. The summed E-state index contributed by atoms with van der Waals surface area (Å²) in [6.07, 6.45) is -0.715. The number of nitrogens with two attached hydrogens (primary N) is 1. The average Bonchev–Trinajstić information content (AvgIpc) is 2.80. The Morgan fingerprint density at radius 2 is 1.81 bits per heavy atom. The first-order valence-corrected chi connectivity index (χ1v) is 5.83. The van der Waals surface area contributed by atoms with Crippen LogP contribution in [0.2, 0.25) is 0 Å². The molecule has 1 saturated carbocycles. The summed E-state index contributed by atoms with van der Waals surface area (Å²) < 4.78 is 37.1. The van der Waals surface area contributed by atoms with E-state index in [1.807, 2.05) is 13.8 Å². The van der Waals surface area contributed by atoms with Gasteiger partial charge in [-0.1, -0.05) is 13.3 Å². The molecule has 0 amide bonds. The van der Waals surface area contributed by atoms with Gasteiger partial charge in [-0.15, -0.1) is 0 Å². The van der Waals surface area contributed by atoms with E-state index in [1.165, 1.54) is 4.90 Å². The van der Waals surface area contributed by atoms with Gasteiger partial charge in [-0.25, -0.2) is 0 Å². The minimum atomic E-state index is -4.12. The Labute approximate surface area is 95.0 Å². The van der Waals surface area contributed by atoms with Crippen molar-refractivity contribution >= 4 is 0 Å². The maximum atomic E-state index is 12.4. The lowest BCUT2D eigenvalue weighted by Crippen LogP contribution is -2.50. The van der Waals surface area contributed by atoms with E-state index in [1.54, 1.807) is 0 Å². The SMILES string of the molecule is CCCC(C)(N)CN(CC(F)(F)F)C1CC1. The van der Waals surface area contributed by atoms with Gasteiger partial charge >= 0.3 is 6.18 Å². The van der Waals surface area contributed by atoms with Crippen LogP contribution in [0.3, 0.4) is 0 Å². The zero-order valence-electron chi connectivity index (χ0n) is 9.98. The van der Waals surface area contributed by atoms with E-state index >= 15 is 0 Å². The van der Waals surface area contributed by atoms with Crippen LogP contribution in [0.4, 0.5) is 13.2 Å². The van der Waals surface area contributed by atoms with Crippen LogP contribution in [-0.4, -0.2) is 35.7 Å². The number of alkyl halides is 3. The summed E-state index contributed by atoms with van der Waals surface area (Å²) in [5.41, 5.74) is 5.49. The van der Waals surface area contributed by atoms with Gasteiger partial charge in [0.25, 0.3) is 0 Å². The van der Waals surface area contributed by atoms with Crippen molar-refractivity contribution < 1.29 is 13.2 Å². The second kappa shape index (κ2) is 4.92. The van der Waals surface area contributed by atoms with E-state index in [2.05, 4.69) is 0 Å². The summed E-state index contributed by atoms with van der Waals surface area (Å²) in [5.74, 6) is 0. The molecular formula is C11H21F3N2. The standard InChI is InChI=1S/C11H21F3N2/c1-3-6-10(2,15)7-16(9-4-5-9)8-11(12,13)14/h9H,3-8,15H2,1-2H3. The number of hydrogen-bond donors (Lipinski definition) is 1. The fourth-order valence-electron chi connectivity index (χ4n) is 2.10. The summed E-state index contributed by atoms with van der Waals surface area (Å²) in [6, 6.07) is 0.0985. The highest BCUT2D eigenvalue weighted by Gasteiger charge is 2.40. The van der Waals surface area contributed by atoms with Crippen molar-refractivity contribution in [2.24, 2.45) is 5.73 Å². The second-order valence-electron chi connectivity index (χ2n) is 5.16. The molecule has 0 aromatic heterocycles. The third-order valence-corrected chi connectivity index (χ3v) is 2.83. The van der Waals surface area contributed by atoms with E-state index in [0.29, 0.717) is 6.54 Å². The van der Waals surface area contributed by atoms with Crippen molar-refractivity contribution in [2.45, 2.75) is 57.3 Å². The molecule has 96 valence electrons. The summed E-state index contributed by atoms with van der Waals surface area (Å²) in [6.45, 7) is 3.35. The molecule has 1 rings (SSSR count). The Balaban J connectivity index is 2.51. The Morgan fingerprint density at radius 1 is 1.25 bits per heavy atom. The molecule has 1 unspecified atom stereocenters. The third kappa shape index (κ3) is 5.16. The maximum absolute atomic E-state index is 12.4. The summed E-state index contributed by atoms with van der Waals surface area (Å²) in [5, 5.41) is 0. The van der Waals surface area contributed by atoms with Crippen LogP contribution in [-0.2, 0) is 0 Å². The van der Waals surface area contributed by atoms with Crippen LogP contribution in [0.5, 0.6) is 0 Å². The molecule has 0 radical (unpaired) electrons. The highest BCUT2D eigenvalue weighted by Crippen LogP contribution is 2.31. The topological polar surface area (TPSA) is 29.3 Å². The van der Waals surface area contributed by atoms with Gasteiger partial charge in [-0.05, 0) is 26.2 Å². The fourth-order valence-corrected chi connectivity index (χ4v) is 2.10. The predicted octanol–water partition coefficient (Wildman–Crippen LogP) is 2.53. The molecule has 0 heterocycles. The van der Waals surface area contributed by atoms with Gasteiger partial charge < -0.3 is 5.73 Å². The Hall–Kier alpha value is -0.290. The first-order chi connectivity index (χ1) is 7.23. The minimum Gasteiger partial charge on any atom is -0.324 e. The zero-order chi connectivity index (χ0) is 12.4. The van der Waals surface area contributed by atoms with Crippen molar-refractivity contribution in [3.63, 3.8) is 0 Å². The lowest BCUT2D eigenvalue weighted by atomic mass is 9.97. The zero-order valence-corrected chi connectivity index (χ0v) is 9.98. The molecule has 0 aliphatic heterocycles. The number of nitrogens with zero attached hydrogens (tertiary/aromatic N) is 1. The Morgan fingerprint density at radius 3 is 2.19 bits per heavy atom. The largest absolute Gasteiger partial charge is 0.401 e. The van der Waals surface area contributed by atoms with Crippen molar-refractivity contribution in [1.29, 1.82) is 0 Å². The van der Waals surface area contributed by atoms with Gasteiger partial charge in [0, 0.05) is 18.1 Å². The molecule has 0 spiro atoms. The van der Waals surface area contributed by atoms with Crippen LogP contribution in [0.15, 0.2) is 0 Å². The minimum absolute atomic E-state index is 0.0985. The van der Waals surface area contributed by atoms with E-state index in [4.69, 9.17) is 5.73 Å². The monoisotopic (exact) mass is 238 g/mol. The fraction of sp³-hybridized carbons (Fsp3) is 1.00. The number of halogens is 3. The third-order valence-electron chi connectivity index (χ3n) is 2.83. The molecule has 0 aromatic rings. The predicted molar refractivity (Wildman–Crippen MR) is 58.2 cm³/mol. The highest BCUT2D eigenvalue weighted by atomic mass is 19.4. The van der Waals surface area contributed by atoms with Gasteiger partial charge in [0.15, 0.2) is 0 Å². The van der Waals surface area contributed by atoms with E-state index in [9.17, 15) is 13.2 Å². The molecule has 2 N–H and O–H groups in total. The van der Waals surface area contributed by atoms with Crippen LogP contribution in [0.25, 0.3) is 0 Å². The Kier molecular flexibility index (Phi) is 4.23. The van der Waals surface area contributed by atoms with E-state index in [0.717, 1.165) is 25.7 Å². The first-order valence-electron chi connectivity index (χ1n) is 5.83. The molecular weight excluding hydrogens is 217 g/mol. The number of rotatable bonds is 6. The van der Waals surface area contributed by atoms with Crippen LogP contribution in [0, 0.1) is 0 Å². The highest BCUT2D eigenvalue weighted by molar-refractivity contribution is 4.91. The van der Waals surface area contributed by atoms with Crippen molar-refractivity contribution in [1.82, 2.24) is 4.90 Å². The molecule has 0 saturated heterocycles. The molecule has 0 aromatic carbocycles. The Bertz CT molecular complexity index is 222. The maximum Gasteiger partial charge on any atom is 0.401 e. The van der Waals surface area contributed by atoms with Crippen LogP contribution < -0.4 is 5.73 Å². The van der Waals surface area contributed by atoms with E-state index in [-0.39, 0.29) is 6.04 Å². The molecule has 1 aliphatic carbocycles. The van der Waals surface area contributed by atoms with Crippen molar-refractivity contribution in [3.05, 3.63) is 0 Å². The summed E-state index contributed by atoms with van der Waals surface area (Å²) in [7, 11) is 0. The van der Waals surface area contributed by atoms with Gasteiger partial charge in [0.1, 0.15) is 0 Å². The molecule has 1 atom stereocenters. The normalized spacial score (nSPS) is 21.2. The molecule has 0 bridgehead atoms. The van der Waals surface area contributed by atoms with Gasteiger partial charge in [-0.3, -0.25) is 4.90 Å². The van der Waals surface area contributed by atoms with E-state index < -0.39 is 18.3 Å². The lowest BCUT2D eigenvalue weighted by Gasteiger charge is -2.33. The van der Waals surface area contributed by atoms with Crippen molar-refractivity contribution in [2.75, 3.05) is 13.1 Å². The van der Waals surface area contributed by atoms with Gasteiger partial charge in [0.05, 0.1) is 6.54 Å². The average molecular weight is 238 g/mol. The smallest absolute Gasteiger partial charge is 0.324 e. The summed E-state index contributed by atoms with van der Waals surface area (Å²) in [4.78, 5) is 1.50. The van der Waals surface area contributed by atoms with Crippen LogP contribution in [0.1, 0.15) is 39.5 Å². The lowest BCUT2D eigenvalue weighted by molar-refractivity contribution is -0.148. The van der Waals surface area contributed by atoms with Gasteiger partial charge in [-0.2, -0.15) is 13.2 Å². The first kappa shape index (κ1) is 13.8. The molecule has 1 fully saturated rings. The molecule has 2 nitrogen and oxygen atoms in total. The molecule has 5 heteroatoms. The molecule has 16 heavy (non-hydrogen) atoms. The molecule has 1 aliphatic rings.